The van der Waals surface area contributed by atoms with Crippen LogP contribution in [0.1, 0.15) is 57.9 Å². The third kappa shape index (κ3) is 5.42. The lowest BCUT2D eigenvalue weighted by molar-refractivity contribution is 0.0497. The number of nitrogens with zero attached hydrogens (tertiary/aromatic N) is 2. The Hall–Kier alpha value is -2.62. The van der Waals surface area contributed by atoms with E-state index in [1.807, 2.05) is 17.0 Å². The van der Waals surface area contributed by atoms with Gasteiger partial charge in [0.2, 0.25) is 0 Å². The Kier molecular flexibility index (Phi) is 7.33. The van der Waals surface area contributed by atoms with Crippen LogP contribution >= 0.6 is 11.9 Å². The van der Waals surface area contributed by atoms with Crippen molar-refractivity contribution >= 4 is 23.8 Å². The molecule has 0 spiro atoms. The summed E-state index contributed by atoms with van der Waals surface area (Å²) in [7, 11) is 0. The quantitative estimate of drug-likeness (QED) is 0.528. The Morgan fingerprint density at radius 1 is 0.947 bits per heavy atom. The first-order valence-electron chi connectivity index (χ1n) is 13.6. The van der Waals surface area contributed by atoms with E-state index in [9.17, 15) is 14.0 Å². The second kappa shape index (κ2) is 10.9. The van der Waals surface area contributed by atoms with Gasteiger partial charge in [0.1, 0.15) is 11.6 Å². The molecule has 3 aliphatic heterocycles. The molecule has 9 heteroatoms. The van der Waals surface area contributed by atoms with E-state index in [0.717, 1.165) is 56.6 Å². The first-order chi connectivity index (χ1) is 18.5. The molecule has 4 aliphatic rings. The summed E-state index contributed by atoms with van der Waals surface area (Å²) < 4.78 is 26.1. The Morgan fingerprint density at radius 3 is 2.26 bits per heavy atom. The molecule has 0 bridgehead atoms. The smallest absolute Gasteiger partial charge is 0.256 e. The van der Waals surface area contributed by atoms with E-state index in [0.29, 0.717) is 55.1 Å². The minimum absolute atomic E-state index is 0.0246. The van der Waals surface area contributed by atoms with Crippen molar-refractivity contribution in [2.24, 2.45) is 22.9 Å². The fourth-order valence-electron chi connectivity index (χ4n) is 6.03. The summed E-state index contributed by atoms with van der Waals surface area (Å²) >= 11 is 0.951. The van der Waals surface area contributed by atoms with Gasteiger partial charge in [0.15, 0.2) is 0 Å². The number of carbonyl (C=O) groups excluding carboxylic acids is 2. The number of ether oxygens (including phenoxy) is 2. The summed E-state index contributed by atoms with van der Waals surface area (Å²) in [5, 5.41) is 5.50. The monoisotopic (exact) mass is 539 g/mol. The van der Waals surface area contributed by atoms with Crippen LogP contribution < -0.4 is 9.88 Å². The van der Waals surface area contributed by atoms with Gasteiger partial charge in [0.05, 0.1) is 12.2 Å². The third-order valence-electron chi connectivity index (χ3n) is 8.42. The van der Waals surface area contributed by atoms with Crippen LogP contribution in [0.15, 0.2) is 41.3 Å². The van der Waals surface area contributed by atoms with Crippen molar-refractivity contribution in [1.82, 2.24) is 9.80 Å². The molecule has 6 rings (SSSR count). The van der Waals surface area contributed by atoms with Gasteiger partial charge < -0.3 is 19.3 Å². The fraction of sp³-hybridized carbons (Fsp3) is 0.517. The maximum atomic E-state index is 14.5. The van der Waals surface area contributed by atoms with Crippen molar-refractivity contribution in [3.8, 4) is 5.75 Å². The molecule has 38 heavy (non-hydrogen) atoms. The first-order valence-corrected chi connectivity index (χ1v) is 14.5. The van der Waals surface area contributed by atoms with Gasteiger partial charge in [0, 0.05) is 61.7 Å². The molecular weight excluding hydrogens is 505 g/mol. The number of rotatable bonds is 7. The molecule has 2 amide bonds. The van der Waals surface area contributed by atoms with Crippen LogP contribution in [0.25, 0.3) is 0 Å². The molecule has 2 aromatic carbocycles. The molecule has 2 unspecified atom stereocenters. The number of nitrogens with two attached hydrogens (primary N) is 1. The van der Waals surface area contributed by atoms with Crippen LogP contribution in [0.5, 0.6) is 5.75 Å². The first kappa shape index (κ1) is 25.6. The molecule has 2 atom stereocenters. The lowest BCUT2D eigenvalue weighted by Crippen LogP contribution is -2.36. The van der Waals surface area contributed by atoms with Gasteiger partial charge in [-0.25, -0.2) is 4.39 Å². The zero-order valence-corrected chi connectivity index (χ0v) is 22.3. The van der Waals surface area contributed by atoms with Gasteiger partial charge in [-0.1, -0.05) is 0 Å². The highest BCUT2D eigenvalue weighted by Gasteiger charge is 2.43. The van der Waals surface area contributed by atoms with E-state index in [2.05, 4.69) is 6.07 Å². The Bertz CT molecular complexity index is 1200. The molecule has 202 valence electrons. The van der Waals surface area contributed by atoms with Crippen molar-refractivity contribution in [3.63, 3.8) is 0 Å². The SMILES string of the molecule is NSc1ccc(C(=O)N2CC3CN(C(=O)c4cc(OCC5CCOCC5)cc(C5CC5)c4)CC3C2)c(F)c1. The largest absolute Gasteiger partial charge is 0.493 e. The second-order valence-electron chi connectivity index (χ2n) is 11.1. The molecule has 3 saturated heterocycles. The number of halogens is 1. The Balaban J connectivity index is 1.10. The summed E-state index contributed by atoms with van der Waals surface area (Å²) in [4.78, 5) is 30.8. The molecule has 2 aromatic rings. The second-order valence-corrected chi connectivity index (χ2v) is 11.8. The van der Waals surface area contributed by atoms with Crippen LogP contribution in [-0.2, 0) is 4.74 Å². The van der Waals surface area contributed by atoms with Crippen LogP contribution in [0.4, 0.5) is 4.39 Å². The number of benzene rings is 2. The molecule has 2 N–H and O–H groups in total. The highest BCUT2D eigenvalue weighted by atomic mass is 32.2. The van der Waals surface area contributed by atoms with E-state index in [1.54, 1.807) is 11.0 Å². The molecule has 7 nitrogen and oxygen atoms in total. The number of fused-ring (bicyclic) bond motifs is 1. The normalized spacial score (nSPS) is 23.5. The van der Waals surface area contributed by atoms with Crippen LogP contribution in [0.2, 0.25) is 0 Å². The molecule has 4 fully saturated rings. The number of hydrogen-bond acceptors (Lipinski definition) is 6. The lowest BCUT2D eigenvalue weighted by atomic mass is 10.0. The summed E-state index contributed by atoms with van der Waals surface area (Å²) in [5.41, 5.74) is 1.94. The van der Waals surface area contributed by atoms with E-state index in [4.69, 9.17) is 14.6 Å². The highest BCUT2D eigenvalue weighted by molar-refractivity contribution is 7.97. The Labute approximate surface area is 227 Å². The lowest BCUT2D eigenvalue weighted by Gasteiger charge is -2.24. The van der Waals surface area contributed by atoms with Gasteiger partial charge in [-0.05, 0) is 91.4 Å². The molecule has 3 heterocycles. The average molecular weight is 540 g/mol. The zero-order chi connectivity index (χ0) is 26.2. The van der Waals surface area contributed by atoms with Crippen molar-refractivity contribution in [1.29, 1.82) is 0 Å². The maximum Gasteiger partial charge on any atom is 0.256 e. The van der Waals surface area contributed by atoms with Crippen molar-refractivity contribution in [2.45, 2.75) is 36.5 Å². The predicted octanol–water partition coefficient (Wildman–Crippen LogP) is 4.32. The third-order valence-corrected chi connectivity index (χ3v) is 8.94. The molecule has 0 radical (unpaired) electrons. The minimum Gasteiger partial charge on any atom is -0.493 e. The molecule has 1 aliphatic carbocycles. The van der Waals surface area contributed by atoms with Crippen molar-refractivity contribution in [2.75, 3.05) is 46.0 Å². The van der Waals surface area contributed by atoms with Gasteiger partial charge in [-0.15, -0.1) is 0 Å². The predicted molar refractivity (Wildman–Crippen MR) is 143 cm³/mol. The van der Waals surface area contributed by atoms with Gasteiger partial charge in [0.25, 0.3) is 11.8 Å². The summed E-state index contributed by atoms with van der Waals surface area (Å²) in [5.74, 6) is 1.35. The van der Waals surface area contributed by atoms with Crippen molar-refractivity contribution < 1.29 is 23.5 Å². The summed E-state index contributed by atoms with van der Waals surface area (Å²) in [6, 6.07) is 10.5. The Morgan fingerprint density at radius 2 is 1.63 bits per heavy atom. The van der Waals surface area contributed by atoms with Crippen LogP contribution in [0, 0.1) is 23.6 Å². The van der Waals surface area contributed by atoms with E-state index in [-0.39, 0.29) is 29.2 Å². The number of hydrogen-bond donors (Lipinski definition) is 1. The van der Waals surface area contributed by atoms with Crippen LogP contribution in [0.3, 0.4) is 0 Å². The van der Waals surface area contributed by atoms with Gasteiger partial charge in [-0.3, -0.25) is 14.7 Å². The van der Waals surface area contributed by atoms with Gasteiger partial charge in [-0.2, -0.15) is 0 Å². The molecule has 1 saturated carbocycles. The standard InChI is InChI=1S/C29H34FN3O4S/c30-27-12-25(38-31)3-4-26(27)29(35)33-15-22-13-32(14-23(22)16-33)28(34)21-9-20(19-1-2-19)10-24(11-21)37-17-18-5-7-36-8-6-18/h3-4,9-12,18-19,22-23H,1-2,5-8,13-17,31H2. The number of amides is 2. The molecular formula is C29H34FN3O4S. The number of carbonyl (C=O) groups is 2. The summed E-state index contributed by atoms with van der Waals surface area (Å²) in [6.45, 7) is 4.49. The fourth-order valence-corrected chi connectivity index (χ4v) is 6.35. The zero-order valence-electron chi connectivity index (χ0n) is 21.4. The topological polar surface area (TPSA) is 85.1 Å². The summed E-state index contributed by atoms with van der Waals surface area (Å²) in [6.07, 6.45) is 4.33. The maximum absolute atomic E-state index is 14.5. The van der Waals surface area contributed by atoms with E-state index >= 15 is 0 Å². The van der Waals surface area contributed by atoms with E-state index < -0.39 is 5.82 Å². The average Bonchev–Trinajstić information content (AvgIpc) is 3.61. The number of likely N-dealkylation sites (tertiary alicyclic amines) is 2. The highest BCUT2D eigenvalue weighted by Crippen LogP contribution is 2.42. The van der Waals surface area contributed by atoms with Crippen LogP contribution in [-0.4, -0.2) is 67.6 Å². The molecule has 0 aromatic heterocycles. The van der Waals surface area contributed by atoms with Gasteiger partial charge >= 0.3 is 0 Å². The van der Waals surface area contributed by atoms with E-state index in [1.165, 1.54) is 17.7 Å². The van der Waals surface area contributed by atoms with Crippen molar-refractivity contribution in [3.05, 3.63) is 58.9 Å². The minimum atomic E-state index is -0.551.